The SMILES string of the molecule is CCOc1cc(/C=N/NC(=O)c2ccc(Br)cc2)ccc1OC(=O)/C=C/c1ccccc1. The summed E-state index contributed by atoms with van der Waals surface area (Å²) < 4.78 is 11.9. The third-order valence-electron chi connectivity index (χ3n) is 4.18. The van der Waals surface area contributed by atoms with Gasteiger partial charge in [-0.2, -0.15) is 5.10 Å². The van der Waals surface area contributed by atoms with E-state index < -0.39 is 5.97 Å². The van der Waals surface area contributed by atoms with Gasteiger partial charge < -0.3 is 9.47 Å². The molecule has 6 nitrogen and oxygen atoms in total. The number of benzene rings is 3. The molecule has 0 bridgehead atoms. The first kappa shape index (κ1) is 23.0. The Morgan fingerprint density at radius 2 is 1.72 bits per heavy atom. The van der Waals surface area contributed by atoms with E-state index in [4.69, 9.17) is 9.47 Å². The van der Waals surface area contributed by atoms with Crippen molar-refractivity contribution in [3.8, 4) is 11.5 Å². The Hall–Kier alpha value is -3.71. The number of esters is 1. The monoisotopic (exact) mass is 492 g/mol. The van der Waals surface area contributed by atoms with Crippen LogP contribution in [-0.2, 0) is 4.79 Å². The molecule has 1 amide bonds. The van der Waals surface area contributed by atoms with Gasteiger partial charge in [0.1, 0.15) is 0 Å². The van der Waals surface area contributed by atoms with Gasteiger partial charge in [-0.05, 0) is 66.6 Å². The van der Waals surface area contributed by atoms with Crippen LogP contribution in [0.15, 0.2) is 88.4 Å². The maximum Gasteiger partial charge on any atom is 0.336 e. The number of amides is 1. The summed E-state index contributed by atoms with van der Waals surface area (Å²) >= 11 is 3.33. The molecule has 0 unspecified atom stereocenters. The number of hydrogen-bond donors (Lipinski definition) is 1. The quantitative estimate of drug-likeness (QED) is 0.153. The molecule has 0 aromatic heterocycles. The second-order valence-electron chi connectivity index (χ2n) is 6.51. The Labute approximate surface area is 194 Å². The minimum Gasteiger partial charge on any atom is -0.490 e. The summed E-state index contributed by atoms with van der Waals surface area (Å²) in [4.78, 5) is 24.3. The molecule has 0 saturated carbocycles. The summed E-state index contributed by atoms with van der Waals surface area (Å²) in [6, 6.07) is 21.4. The Balaban J connectivity index is 1.65. The van der Waals surface area contributed by atoms with Gasteiger partial charge in [-0.25, -0.2) is 10.2 Å². The molecule has 0 heterocycles. The molecule has 0 atom stereocenters. The number of nitrogens with zero attached hydrogens (tertiary/aromatic N) is 1. The van der Waals surface area contributed by atoms with E-state index in [9.17, 15) is 9.59 Å². The van der Waals surface area contributed by atoms with Crippen LogP contribution in [0.4, 0.5) is 0 Å². The fourth-order valence-corrected chi connectivity index (χ4v) is 2.92. The van der Waals surface area contributed by atoms with E-state index in [-0.39, 0.29) is 5.91 Å². The lowest BCUT2D eigenvalue weighted by atomic mass is 10.2. The molecule has 3 rings (SSSR count). The molecule has 0 aliphatic carbocycles. The largest absolute Gasteiger partial charge is 0.490 e. The first-order valence-electron chi connectivity index (χ1n) is 9.86. The van der Waals surface area contributed by atoms with Crippen molar-refractivity contribution in [2.45, 2.75) is 6.92 Å². The first-order valence-corrected chi connectivity index (χ1v) is 10.6. The zero-order valence-electron chi connectivity index (χ0n) is 17.3. The molecule has 0 radical (unpaired) electrons. The number of carbonyl (C=O) groups is 2. The maximum absolute atomic E-state index is 12.2. The van der Waals surface area contributed by atoms with E-state index in [0.717, 1.165) is 10.0 Å². The number of ether oxygens (including phenoxy) is 2. The number of hydrogen-bond acceptors (Lipinski definition) is 5. The lowest BCUT2D eigenvalue weighted by Gasteiger charge is -2.10. The van der Waals surface area contributed by atoms with Gasteiger partial charge in [-0.1, -0.05) is 46.3 Å². The van der Waals surface area contributed by atoms with Crippen LogP contribution in [-0.4, -0.2) is 24.7 Å². The Morgan fingerprint density at radius 1 is 0.969 bits per heavy atom. The third-order valence-corrected chi connectivity index (χ3v) is 4.70. The Bertz CT molecular complexity index is 1130. The fourth-order valence-electron chi connectivity index (χ4n) is 2.66. The second kappa shape index (κ2) is 11.6. The van der Waals surface area contributed by atoms with Gasteiger partial charge in [0.25, 0.3) is 5.91 Å². The average Bonchev–Trinajstić information content (AvgIpc) is 2.80. The Morgan fingerprint density at radius 3 is 2.44 bits per heavy atom. The van der Waals surface area contributed by atoms with Crippen molar-refractivity contribution >= 4 is 40.1 Å². The van der Waals surface area contributed by atoms with Crippen molar-refractivity contribution in [2.24, 2.45) is 5.10 Å². The zero-order chi connectivity index (χ0) is 22.8. The standard InChI is InChI=1S/C25H21BrN2O4/c1-2-31-23-16-19(17-27-28-25(30)20-10-12-21(26)13-11-20)8-14-22(23)32-24(29)15-9-18-6-4-3-5-7-18/h3-17H,2H2,1H3,(H,28,30)/b15-9+,27-17+. The molecule has 3 aromatic carbocycles. The predicted molar refractivity (Wildman–Crippen MR) is 128 cm³/mol. The van der Waals surface area contributed by atoms with Crippen LogP contribution < -0.4 is 14.9 Å². The predicted octanol–water partition coefficient (Wildman–Crippen LogP) is 5.23. The van der Waals surface area contributed by atoms with Gasteiger partial charge in [0.2, 0.25) is 0 Å². The van der Waals surface area contributed by atoms with E-state index in [1.54, 1.807) is 48.5 Å². The highest BCUT2D eigenvalue weighted by atomic mass is 79.9. The second-order valence-corrected chi connectivity index (χ2v) is 7.43. The highest BCUT2D eigenvalue weighted by molar-refractivity contribution is 9.10. The summed E-state index contributed by atoms with van der Waals surface area (Å²) in [5, 5.41) is 3.98. The highest BCUT2D eigenvalue weighted by Crippen LogP contribution is 2.28. The van der Waals surface area contributed by atoms with Gasteiger partial charge in [-0.15, -0.1) is 0 Å². The van der Waals surface area contributed by atoms with Crippen molar-refractivity contribution in [3.05, 3.63) is 100 Å². The van der Waals surface area contributed by atoms with Gasteiger partial charge in [0.05, 0.1) is 12.8 Å². The lowest BCUT2D eigenvalue weighted by molar-refractivity contribution is -0.129. The lowest BCUT2D eigenvalue weighted by Crippen LogP contribution is -2.17. The minimum absolute atomic E-state index is 0.297. The number of carbonyl (C=O) groups excluding carboxylic acids is 2. The van der Waals surface area contributed by atoms with E-state index in [1.165, 1.54) is 12.3 Å². The van der Waals surface area contributed by atoms with Gasteiger partial charge in [0, 0.05) is 16.1 Å². The molecule has 0 saturated heterocycles. The van der Waals surface area contributed by atoms with Crippen LogP contribution in [0, 0.1) is 0 Å². The van der Waals surface area contributed by atoms with Gasteiger partial charge in [-0.3, -0.25) is 4.79 Å². The van der Waals surface area contributed by atoms with Crippen LogP contribution in [0.25, 0.3) is 6.08 Å². The number of halogens is 1. The van der Waals surface area contributed by atoms with Crippen molar-refractivity contribution < 1.29 is 19.1 Å². The summed E-state index contributed by atoms with van der Waals surface area (Å²) in [5.41, 5.74) is 4.53. The molecule has 0 spiro atoms. The topological polar surface area (TPSA) is 77.0 Å². The van der Waals surface area contributed by atoms with Crippen LogP contribution in [0.3, 0.4) is 0 Å². The van der Waals surface area contributed by atoms with Crippen LogP contribution in [0.1, 0.15) is 28.4 Å². The average molecular weight is 493 g/mol. The van der Waals surface area contributed by atoms with Crippen molar-refractivity contribution in [1.29, 1.82) is 0 Å². The molecule has 32 heavy (non-hydrogen) atoms. The van der Waals surface area contributed by atoms with E-state index in [1.807, 2.05) is 37.3 Å². The van der Waals surface area contributed by atoms with E-state index in [2.05, 4.69) is 26.5 Å². The van der Waals surface area contributed by atoms with Crippen molar-refractivity contribution in [2.75, 3.05) is 6.61 Å². The zero-order valence-corrected chi connectivity index (χ0v) is 18.9. The highest BCUT2D eigenvalue weighted by Gasteiger charge is 2.10. The number of nitrogens with one attached hydrogen (secondary N) is 1. The van der Waals surface area contributed by atoms with E-state index >= 15 is 0 Å². The summed E-state index contributed by atoms with van der Waals surface area (Å²) in [7, 11) is 0. The smallest absolute Gasteiger partial charge is 0.336 e. The molecule has 0 aliphatic heterocycles. The minimum atomic E-state index is -0.516. The first-order chi connectivity index (χ1) is 15.5. The van der Waals surface area contributed by atoms with Crippen molar-refractivity contribution in [1.82, 2.24) is 5.43 Å². The molecule has 162 valence electrons. The normalized spacial score (nSPS) is 10.9. The molecule has 7 heteroatoms. The Kier molecular flexibility index (Phi) is 8.34. The number of rotatable bonds is 8. The van der Waals surface area contributed by atoms with Crippen LogP contribution >= 0.6 is 15.9 Å². The fraction of sp³-hybridized carbons (Fsp3) is 0.0800. The third kappa shape index (κ3) is 6.92. The molecule has 1 N–H and O–H groups in total. The van der Waals surface area contributed by atoms with Crippen molar-refractivity contribution in [3.63, 3.8) is 0 Å². The summed E-state index contributed by atoms with van der Waals surface area (Å²) in [5.74, 6) is -0.143. The molecule has 3 aromatic rings. The van der Waals surface area contributed by atoms with Gasteiger partial charge in [0.15, 0.2) is 11.5 Å². The number of hydrazone groups is 1. The van der Waals surface area contributed by atoms with Gasteiger partial charge >= 0.3 is 5.97 Å². The van der Waals surface area contributed by atoms with Crippen LogP contribution in [0.2, 0.25) is 0 Å². The summed E-state index contributed by atoms with van der Waals surface area (Å²) in [6.07, 6.45) is 4.52. The van der Waals surface area contributed by atoms with Crippen LogP contribution in [0.5, 0.6) is 11.5 Å². The maximum atomic E-state index is 12.2. The van der Waals surface area contributed by atoms with E-state index in [0.29, 0.717) is 29.2 Å². The summed E-state index contributed by atoms with van der Waals surface area (Å²) in [6.45, 7) is 2.23. The molecular formula is C25H21BrN2O4. The molecule has 0 fully saturated rings. The molecule has 0 aliphatic rings. The molecular weight excluding hydrogens is 472 g/mol.